The van der Waals surface area contributed by atoms with Gasteiger partial charge >= 0.3 is 0 Å². The van der Waals surface area contributed by atoms with Crippen molar-refractivity contribution in [2.24, 2.45) is 0 Å². The molecule has 5 nitrogen and oxygen atoms in total. The van der Waals surface area contributed by atoms with Gasteiger partial charge in [0.05, 0.1) is 28.5 Å². The molecule has 3 heterocycles. The third-order valence-corrected chi connectivity index (χ3v) is 5.06. The van der Waals surface area contributed by atoms with E-state index in [4.69, 9.17) is 0 Å². The molecule has 2 aromatic carbocycles. The molecule has 0 saturated carbocycles. The Balaban J connectivity index is 1.89. The van der Waals surface area contributed by atoms with E-state index >= 15 is 0 Å². The fourth-order valence-corrected chi connectivity index (χ4v) is 3.84. The predicted octanol–water partition coefficient (Wildman–Crippen LogP) is 3.39. The molecule has 1 aliphatic heterocycles. The van der Waals surface area contributed by atoms with Gasteiger partial charge in [0, 0.05) is 18.1 Å². The number of rotatable bonds is 2. The maximum Gasteiger partial charge on any atom is 0.268 e. The average molecular weight is 351 g/mol. The Labute approximate surface area is 154 Å². The van der Waals surface area contributed by atoms with Crippen LogP contribution in [0.1, 0.15) is 21.5 Å². The fourth-order valence-electron chi connectivity index (χ4n) is 3.84. The van der Waals surface area contributed by atoms with Crippen LogP contribution in [-0.4, -0.2) is 15.0 Å². The molecule has 0 bridgehead atoms. The minimum atomic E-state index is -0.303. The van der Waals surface area contributed by atoms with Crippen LogP contribution in [0.3, 0.4) is 0 Å². The summed E-state index contributed by atoms with van der Waals surface area (Å²) in [5.74, 6) is -0.303. The molecule has 1 aliphatic rings. The van der Waals surface area contributed by atoms with Crippen LogP contribution >= 0.6 is 0 Å². The Morgan fingerprint density at radius 3 is 2.56 bits per heavy atom. The minimum Gasteiger partial charge on any atom is -0.334 e. The van der Waals surface area contributed by atoms with E-state index in [0.29, 0.717) is 28.9 Å². The van der Waals surface area contributed by atoms with E-state index in [2.05, 4.69) is 6.07 Å². The molecule has 5 heteroatoms. The van der Waals surface area contributed by atoms with Gasteiger partial charge in [-0.2, -0.15) is 5.26 Å². The summed E-state index contributed by atoms with van der Waals surface area (Å²) in [4.78, 5) is 25.9. The van der Waals surface area contributed by atoms with Crippen molar-refractivity contribution in [3.8, 4) is 17.5 Å². The summed E-state index contributed by atoms with van der Waals surface area (Å²) in [5, 5.41) is 9.95. The van der Waals surface area contributed by atoms with Crippen molar-refractivity contribution >= 4 is 16.8 Å². The lowest BCUT2D eigenvalue weighted by atomic mass is 10.0. The Hall–Kier alpha value is -3.91. The molecule has 27 heavy (non-hydrogen) atoms. The first kappa shape index (κ1) is 15.4. The zero-order valence-corrected chi connectivity index (χ0v) is 14.2. The van der Waals surface area contributed by atoms with Gasteiger partial charge in [-0.25, -0.2) is 0 Å². The van der Waals surface area contributed by atoms with Crippen LogP contribution in [0.2, 0.25) is 0 Å². The summed E-state index contributed by atoms with van der Waals surface area (Å²) in [5.41, 5.74) is 3.42. The summed E-state index contributed by atoms with van der Waals surface area (Å²) in [6.45, 7) is 0.394. The van der Waals surface area contributed by atoms with Crippen LogP contribution in [0.4, 0.5) is 0 Å². The maximum atomic E-state index is 13.0. The molecule has 4 aromatic rings. The van der Waals surface area contributed by atoms with Gasteiger partial charge in [0.15, 0.2) is 0 Å². The second kappa shape index (κ2) is 5.55. The Morgan fingerprint density at radius 1 is 0.926 bits per heavy atom. The lowest BCUT2D eigenvalue weighted by molar-refractivity contribution is 0.0968. The molecule has 0 spiro atoms. The number of para-hydroxylation sites is 1. The smallest absolute Gasteiger partial charge is 0.268 e. The van der Waals surface area contributed by atoms with E-state index in [0.717, 1.165) is 11.1 Å². The van der Waals surface area contributed by atoms with Crippen LogP contribution in [0.25, 0.3) is 22.3 Å². The fraction of sp³-hybridized carbons (Fsp3) is 0.0455. The van der Waals surface area contributed by atoms with Gasteiger partial charge in [0.2, 0.25) is 5.43 Å². The molecule has 0 N–H and O–H groups in total. The molecular formula is C22H13N3O2. The van der Waals surface area contributed by atoms with Crippen molar-refractivity contribution in [3.63, 3.8) is 0 Å². The zero-order chi connectivity index (χ0) is 18.5. The maximum absolute atomic E-state index is 13.0. The number of aromatic nitrogens is 2. The van der Waals surface area contributed by atoms with E-state index in [1.165, 1.54) is 4.57 Å². The van der Waals surface area contributed by atoms with E-state index < -0.39 is 0 Å². The van der Waals surface area contributed by atoms with Crippen molar-refractivity contribution in [2.45, 2.75) is 6.54 Å². The van der Waals surface area contributed by atoms with Gasteiger partial charge in [0.1, 0.15) is 5.56 Å². The lowest BCUT2D eigenvalue weighted by Gasteiger charge is -2.17. The highest BCUT2D eigenvalue weighted by Gasteiger charge is 2.32. The third kappa shape index (κ3) is 2.04. The molecule has 0 radical (unpaired) electrons. The normalized spacial score (nSPS) is 12.0. The summed E-state index contributed by atoms with van der Waals surface area (Å²) in [7, 11) is 0. The molecule has 0 amide bonds. The minimum absolute atomic E-state index is 0.193. The van der Waals surface area contributed by atoms with Gasteiger partial charge in [-0.1, -0.05) is 30.3 Å². The quantitative estimate of drug-likeness (QED) is 0.489. The number of nitrogens with zero attached hydrogens (tertiary/aromatic N) is 3. The number of fused-ring (bicyclic) bond motifs is 4. The Kier molecular flexibility index (Phi) is 3.15. The molecule has 0 aliphatic carbocycles. The number of pyridine rings is 1. The first-order valence-electron chi connectivity index (χ1n) is 8.56. The van der Waals surface area contributed by atoms with E-state index in [9.17, 15) is 14.9 Å². The third-order valence-electron chi connectivity index (χ3n) is 5.06. The molecule has 0 fully saturated rings. The number of carbonyl (C=O) groups excluding carboxylic acids is 1. The van der Waals surface area contributed by atoms with Crippen LogP contribution in [0.5, 0.6) is 0 Å². The second-order valence-corrected chi connectivity index (χ2v) is 6.49. The molecule has 0 saturated heterocycles. The highest BCUT2D eigenvalue weighted by atomic mass is 16.2. The van der Waals surface area contributed by atoms with E-state index in [1.807, 2.05) is 41.0 Å². The highest BCUT2D eigenvalue weighted by Crippen LogP contribution is 2.33. The summed E-state index contributed by atoms with van der Waals surface area (Å²) in [6, 6.07) is 20.5. The number of hydrogen-bond acceptors (Lipinski definition) is 3. The average Bonchev–Trinajstić information content (AvgIpc) is 3.28. The predicted molar refractivity (Wildman–Crippen MR) is 102 cm³/mol. The van der Waals surface area contributed by atoms with Crippen LogP contribution in [0.15, 0.2) is 71.7 Å². The van der Waals surface area contributed by atoms with Gasteiger partial charge in [0.25, 0.3) is 5.91 Å². The van der Waals surface area contributed by atoms with E-state index in [-0.39, 0.29) is 16.9 Å². The summed E-state index contributed by atoms with van der Waals surface area (Å²) in [6.07, 6.45) is 1.68. The number of carbonyl (C=O) groups is 1. The summed E-state index contributed by atoms with van der Waals surface area (Å²) < 4.78 is 3.48. The number of nitriles is 1. The highest BCUT2D eigenvalue weighted by molar-refractivity contribution is 6.10. The van der Waals surface area contributed by atoms with Crippen LogP contribution in [-0.2, 0) is 6.54 Å². The van der Waals surface area contributed by atoms with Crippen molar-refractivity contribution in [3.05, 3.63) is 93.8 Å². The van der Waals surface area contributed by atoms with E-state index in [1.54, 1.807) is 30.5 Å². The largest absolute Gasteiger partial charge is 0.334 e. The molecule has 128 valence electrons. The van der Waals surface area contributed by atoms with Crippen molar-refractivity contribution < 1.29 is 4.79 Å². The first-order valence-corrected chi connectivity index (χ1v) is 8.56. The van der Waals surface area contributed by atoms with Crippen molar-refractivity contribution in [1.29, 1.82) is 5.26 Å². The number of benzene rings is 2. The lowest BCUT2D eigenvalue weighted by Crippen LogP contribution is -2.20. The van der Waals surface area contributed by atoms with Gasteiger partial charge in [-0.3, -0.25) is 14.2 Å². The van der Waals surface area contributed by atoms with Crippen LogP contribution < -0.4 is 5.43 Å². The molecule has 5 rings (SSSR count). The first-order chi connectivity index (χ1) is 13.2. The van der Waals surface area contributed by atoms with Crippen molar-refractivity contribution in [1.82, 2.24) is 9.13 Å². The van der Waals surface area contributed by atoms with Gasteiger partial charge in [-0.15, -0.1) is 0 Å². The second-order valence-electron chi connectivity index (χ2n) is 6.49. The SMILES string of the molecule is N#Cc1ccccc1Cn1c2c(c(=O)c3ccccc31)C(=O)n1cccc1-2. The molecule has 0 unspecified atom stereocenters. The van der Waals surface area contributed by atoms with Crippen molar-refractivity contribution in [2.75, 3.05) is 0 Å². The Morgan fingerprint density at radius 2 is 1.70 bits per heavy atom. The van der Waals surface area contributed by atoms with Crippen LogP contribution in [0, 0.1) is 11.3 Å². The zero-order valence-electron chi connectivity index (χ0n) is 14.2. The molecule has 0 atom stereocenters. The number of hydrogen-bond donors (Lipinski definition) is 0. The van der Waals surface area contributed by atoms with Gasteiger partial charge < -0.3 is 4.57 Å². The Bertz CT molecular complexity index is 1350. The molecular weight excluding hydrogens is 338 g/mol. The molecule has 2 aromatic heterocycles. The van der Waals surface area contributed by atoms with Gasteiger partial charge in [-0.05, 0) is 35.9 Å². The summed E-state index contributed by atoms with van der Waals surface area (Å²) >= 11 is 0. The monoisotopic (exact) mass is 351 g/mol. The topological polar surface area (TPSA) is 67.8 Å². The standard InChI is InChI=1S/C22H13N3O2/c23-12-14-6-1-2-7-15(14)13-25-17-9-4-3-8-16(17)21(26)19-20(25)18-10-5-11-24(18)22(19)27/h1-11H,13H2.